The van der Waals surface area contributed by atoms with Crippen LogP contribution in [0.2, 0.25) is 124 Å². The van der Waals surface area contributed by atoms with Gasteiger partial charge in [-0.25, -0.2) is 22.0 Å². The Morgan fingerprint density at radius 3 is 1.40 bits per heavy atom. The molecule has 1 spiro atoms. The summed E-state index contributed by atoms with van der Waals surface area (Å²) in [7, 11) is -38.9. The Morgan fingerprint density at radius 2 is 0.967 bits per heavy atom. The molecule has 344 valence electrons. The number of alkyl halides is 2. The summed E-state index contributed by atoms with van der Waals surface area (Å²) in [6.07, 6.45) is -1.19. The molecule has 2 aromatic carbocycles. The second-order valence-corrected chi connectivity index (χ2v) is 62.8. The molecule has 60 heavy (non-hydrogen) atoms. The van der Waals surface area contributed by atoms with Crippen molar-refractivity contribution in [1.82, 2.24) is 0 Å². The first-order valence-electron chi connectivity index (χ1n) is 19.7. The van der Waals surface area contributed by atoms with Gasteiger partial charge in [0.05, 0.1) is 24.7 Å². The normalized spacial score (nSPS) is 27.0. The molecule has 2 aliphatic heterocycles. The predicted molar refractivity (Wildman–Crippen MR) is 249 cm³/mol. The molecule has 3 unspecified atom stereocenters. The van der Waals surface area contributed by atoms with Crippen LogP contribution in [0, 0.1) is 23.3 Å². The van der Waals surface area contributed by atoms with Gasteiger partial charge in [0.15, 0.2) is 36.6 Å². The summed E-state index contributed by atoms with van der Waals surface area (Å²) in [6.45, 7) is 34.3. The van der Waals surface area contributed by atoms with Crippen LogP contribution in [0.25, 0.3) is 0 Å². The van der Waals surface area contributed by atoms with Gasteiger partial charge in [-0.1, -0.05) is 25.7 Å². The van der Waals surface area contributed by atoms with Crippen molar-refractivity contribution in [3.05, 3.63) is 53.6 Å². The highest BCUT2D eigenvalue weighted by atomic mass is 28.6. The van der Waals surface area contributed by atoms with Gasteiger partial charge in [-0.15, -0.1) is 0 Å². The fraction of sp³-hybridized carbons (Fsp3) is 0.636. The van der Waals surface area contributed by atoms with E-state index in [4.69, 9.17) is 41.2 Å². The second kappa shape index (κ2) is 18.4. The molecule has 4 rings (SSSR count). The molecule has 2 bridgehead atoms. The van der Waals surface area contributed by atoms with E-state index >= 15 is 17.6 Å². The minimum atomic E-state index is -5.11. The van der Waals surface area contributed by atoms with Crippen molar-refractivity contribution in [3.63, 3.8) is 0 Å². The highest BCUT2D eigenvalue weighted by molar-refractivity contribution is 7.03. The fourth-order valence-electron chi connectivity index (χ4n) is 6.31. The third kappa shape index (κ3) is 14.8. The van der Waals surface area contributed by atoms with Gasteiger partial charge in [0, 0.05) is 5.19 Å². The molecule has 3 atom stereocenters. The molecule has 10 nitrogen and oxygen atoms in total. The average molecular weight is 1050 g/mol. The molecule has 0 N–H and O–H groups in total. The maximum absolute atomic E-state index is 18.2. The second-order valence-electron chi connectivity index (χ2n) is 20.6. The van der Waals surface area contributed by atoms with E-state index in [1.54, 1.807) is 58.9 Å². The van der Waals surface area contributed by atoms with Crippen LogP contribution in [-0.4, -0.2) is 106 Å². The van der Waals surface area contributed by atoms with E-state index in [2.05, 4.69) is 0 Å². The lowest BCUT2D eigenvalue weighted by Gasteiger charge is -2.52. The summed E-state index contributed by atoms with van der Waals surface area (Å²) in [6, 6.07) is 4.84. The summed E-state index contributed by atoms with van der Waals surface area (Å²) < 4.78 is 160. The van der Waals surface area contributed by atoms with E-state index in [0.29, 0.717) is 0 Å². The minimum Gasteiger partial charge on any atom is -0.416 e. The zero-order chi connectivity index (χ0) is 46.6. The first-order chi connectivity index (χ1) is 26.6. The maximum Gasteiger partial charge on any atom is 0.515 e. The van der Waals surface area contributed by atoms with Crippen LogP contribution in [0.1, 0.15) is 0 Å². The average Bonchev–Trinajstić information content (AvgIpc) is 2.97. The van der Waals surface area contributed by atoms with Crippen LogP contribution in [0.4, 0.5) is 26.3 Å². The van der Waals surface area contributed by atoms with Gasteiger partial charge in [0.2, 0.25) is 0 Å². The number of rotatable bonds is 9. The van der Waals surface area contributed by atoms with E-state index in [1.165, 1.54) is 12.6 Å². The van der Waals surface area contributed by atoms with Crippen LogP contribution < -0.4 is 15.6 Å². The number of benzene rings is 2. The summed E-state index contributed by atoms with van der Waals surface area (Å²) in [5.74, 6) is -4.35. The van der Waals surface area contributed by atoms with Crippen molar-refractivity contribution in [2.24, 2.45) is 0 Å². The van der Waals surface area contributed by atoms with Gasteiger partial charge in [-0.05, 0) is 129 Å². The molecule has 27 heteroatoms. The van der Waals surface area contributed by atoms with E-state index in [1.807, 2.05) is 58.9 Å². The van der Waals surface area contributed by atoms with Gasteiger partial charge in [0.1, 0.15) is 17.9 Å². The number of hydrogen-bond acceptors (Lipinski definition) is 10. The molecule has 0 amide bonds. The summed E-state index contributed by atoms with van der Waals surface area (Å²) in [5.41, 5.74) is 0. The van der Waals surface area contributed by atoms with E-state index < -0.39 is 128 Å². The highest BCUT2D eigenvalue weighted by Crippen LogP contribution is 2.38. The monoisotopic (exact) mass is 1040 g/mol. The first-order valence-corrected chi connectivity index (χ1v) is 49.8. The van der Waals surface area contributed by atoms with E-state index in [-0.39, 0.29) is 16.7 Å². The summed E-state index contributed by atoms with van der Waals surface area (Å²) in [4.78, 5) is 0. The summed E-state index contributed by atoms with van der Waals surface area (Å²) in [5, 5.41) is -0.882. The lowest BCUT2D eigenvalue weighted by molar-refractivity contribution is 0.137. The Balaban J connectivity index is 0.00000149. The largest absolute Gasteiger partial charge is 0.515 e. The Labute approximate surface area is 365 Å². The Morgan fingerprint density at radius 1 is 0.517 bits per heavy atom. The molecule has 2 aliphatic rings. The predicted octanol–water partition coefficient (Wildman–Crippen LogP) is 8.60. The molecule has 0 radical (unpaired) electrons. The lowest BCUT2D eigenvalue weighted by Crippen LogP contribution is -2.81. The first kappa shape index (κ1) is 54.3. The lowest BCUT2D eigenvalue weighted by atomic mass is 10.3. The summed E-state index contributed by atoms with van der Waals surface area (Å²) >= 11 is 0. The van der Waals surface area contributed by atoms with Crippen molar-refractivity contribution in [2.45, 2.75) is 124 Å². The fourth-order valence-corrected chi connectivity index (χ4v) is 50.0. The van der Waals surface area contributed by atoms with Crippen molar-refractivity contribution >= 4 is 109 Å². The SMILES string of the molecule is C[Si](C)(C)CF.C[Si](C)(C)O[Si]1(c2ccc(F)c(F)c2)O[Si](C)(CF)O[Si](C)(C)O[Si]2(O[Si](C)(C)O[Si](C)(C)O[Si](O[Si](C)(C)C)(O[Si](C)(C)C)c3cc(F)cc2c3F)O1. The van der Waals surface area contributed by atoms with Crippen LogP contribution in [0.15, 0.2) is 30.3 Å². The van der Waals surface area contributed by atoms with Gasteiger partial charge in [-0.3, -0.25) is 4.39 Å². The number of hydrogen-bond donors (Lipinski definition) is 0. The topological polar surface area (TPSA) is 92.3 Å². The van der Waals surface area contributed by atoms with E-state index in [0.717, 1.165) is 24.3 Å². The minimum absolute atomic E-state index is 0.0903. The van der Waals surface area contributed by atoms with Crippen molar-refractivity contribution in [2.75, 3.05) is 12.6 Å². The van der Waals surface area contributed by atoms with Crippen LogP contribution >= 0.6 is 0 Å². The smallest absolute Gasteiger partial charge is 0.416 e. The van der Waals surface area contributed by atoms with E-state index in [9.17, 15) is 8.78 Å². The molecule has 2 heterocycles. The third-order valence-electron chi connectivity index (χ3n) is 7.65. The molecular formula is C33H66F6O10Si11. The Bertz CT molecular complexity index is 1830. The zero-order valence-corrected chi connectivity index (χ0v) is 49.7. The zero-order valence-electron chi connectivity index (χ0n) is 38.7. The Kier molecular flexibility index (Phi) is 16.6. The van der Waals surface area contributed by atoms with Gasteiger partial charge in [-0.2, -0.15) is 0 Å². The molecular weight excluding hydrogens is 979 g/mol. The van der Waals surface area contributed by atoms with Crippen molar-refractivity contribution in [3.8, 4) is 0 Å². The highest BCUT2D eigenvalue weighted by Gasteiger charge is 2.69. The molecule has 0 aromatic heterocycles. The van der Waals surface area contributed by atoms with Gasteiger partial charge in [0.25, 0.3) is 0 Å². The van der Waals surface area contributed by atoms with Crippen molar-refractivity contribution < 1.29 is 67.5 Å². The quantitative estimate of drug-likeness (QED) is 0.180. The molecule has 0 saturated carbocycles. The van der Waals surface area contributed by atoms with Crippen molar-refractivity contribution in [1.29, 1.82) is 0 Å². The van der Waals surface area contributed by atoms with Gasteiger partial charge >= 0.3 is 60.7 Å². The molecule has 1 fully saturated rings. The molecule has 1 saturated heterocycles. The third-order valence-corrected chi connectivity index (χ3v) is 44.3. The van der Waals surface area contributed by atoms with Gasteiger partial charge < -0.3 is 41.2 Å². The number of fused-ring (bicyclic) bond motifs is 3. The van der Waals surface area contributed by atoms with Crippen LogP contribution in [0.5, 0.6) is 0 Å². The maximum atomic E-state index is 18.2. The number of halogens is 6. The van der Waals surface area contributed by atoms with Crippen LogP contribution in [0.3, 0.4) is 0 Å². The molecule has 2 aromatic rings. The Hall–Kier alpha value is 0.00571. The van der Waals surface area contributed by atoms with Crippen LogP contribution in [-0.2, 0) is 41.2 Å². The molecule has 0 aliphatic carbocycles. The standard InChI is InChI=1S/C29H55F5O10Si10.C4H11FSi/c1-45(2,3)35-52(24-17-18-25(32)26(33)21-24)43-51(16,22-30)39-50(14,15)42-54(44-52)28-20-23(31)19-27(29(28)34)53(36-46(4,5)6,37-47(7,8)9)40-48(10,11)38-49(12,13)41-54;1-6(2,3)4-5/h17-21H,22H2,1-16H3;4H2,1-3H3.